The van der Waals surface area contributed by atoms with Gasteiger partial charge in [0.15, 0.2) is 0 Å². The Morgan fingerprint density at radius 3 is 2.71 bits per heavy atom. The molecule has 0 spiro atoms. The summed E-state index contributed by atoms with van der Waals surface area (Å²) in [5, 5.41) is 2.46. The lowest BCUT2D eigenvalue weighted by Gasteiger charge is -2.12. The van der Waals surface area contributed by atoms with Crippen molar-refractivity contribution in [2.45, 2.75) is 19.6 Å². The van der Waals surface area contributed by atoms with Crippen molar-refractivity contribution in [1.82, 2.24) is 5.32 Å². The van der Waals surface area contributed by atoms with Crippen molar-refractivity contribution in [3.8, 4) is 18.1 Å². The summed E-state index contributed by atoms with van der Waals surface area (Å²) in [5.41, 5.74) is 0.0231. The van der Waals surface area contributed by atoms with Gasteiger partial charge in [0.25, 0.3) is 5.91 Å². The Morgan fingerprint density at radius 1 is 1.47 bits per heavy atom. The second kappa shape index (κ2) is 5.85. The van der Waals surface area contributed by atoms with Crippen molar-refractivity contribution in [3.05, 3.63) is 29.8 Å². The van der Waals surface area contributed by atoms with Gasteiger partial charge in [-0.1, -0.05) is 18.1 Å². The fraction of sp³-hybridized carbons (Fsp3) is 0.250. The Morgan fingerprint density at radius 2 is 2.12 bits per heavy atom. The van der Waals surface area contributed by atoms with Gasteiger partial charge in [-0.3, -0.25) is 4.79 Å². The van der Waals surface area contributed by atoms with Crippen LogP contribution in [0.4, 0.5) is 8.78 Å². The molecule has 0 fully saturated rings. The number of halogens is 2. The number of alkyl halides is 2. The van der Waals surface area contributed by atoms with E-state index in [1.807, 2.05) is 0 Å². The molecule has 0 bridgehead atoms. The van der Waals surface area contributed by atoms with Crippen molar-refractivity contribution in [1.29, 1.82) is 0 Å². The molecular weight excluding hydrogens is 228 g/mol. The maximum Gasteiger partial charge on any atom is 0.387 e. The molecule has 1 amide bonds. The van der Waals surface area contributed by atoms with Gasteiger partial charge in [-0.05, 0) is 19.1 Å². The zero-order chi connectivity index (χ0) is 12.8. The third-order valence-corrected chi connectivity index (χ3v) is 1.95. The van der Waals surface area contributed by atoms with Crippen LogP contribution in [0.2, 0.25) is 0 Å². The Labute approximate surface area is 97.8 Å². The predicted molar refractivity (Wildman–Crippen MR) is 58.8 cm³/mol. The van der Waals surface area contributed by atoms with Gasteiger partial charge in [-0.25, -0.2) is 0 Å². The first-order chi connectivity index (χ1) is 8.04. The van der Waals surface area contributed by atoms with Crippen LogP contribution >= 0.6 is 0 Å². The lowest BCUT2D eigenvalue weighted by Crippen LogP contribution is -2.31. The van der Waals surface area contributed by atoms with E-state index in [2.05, 4.69) is 16.0 Å². The first-order valence-corrected chi connectivity index (χ1v) is 4.85. The van der Waals surface area contributed by atoms with E-state index in [0.29, 0.717) is 0 Å². The van der Waals surface area contributed by atoms with E-state index >= 15 is 0 Å². The smallest absolute Gasteiger partial charge is 0.387 e. The van der Waals surface area contributed by atoms with E-state index in [1.165, 1.54) is 18.2 Å². The minimum atomic E-state index is -2.98. The van der Waals surface area contributed by atoms with E-state index in [0.717, 1.165) is 0 Å². The quantitative estimate of drug-likeness (QED) is 0.816. The Balaban J connectivity index is 2.89. The van der Waals surface area contributed by atoms with Crippen molar-refractivity contribution in [2.75, 3.05) is 0 Å². The topological polar surface area (TPSA) is 38.3 Å². The molecule has 1 unspecified atom stereocenters. The number of terminal acetylenes is 1. The Hall–Kier alpha value is -2.09. The summed E-state index contributed by atoms with van der Waals surface area (Å²) in [4.78, 5) is 11.7. The Kier molecular flexibility index (Phi) is 4.46. The molecule has 0 aliphatic rings. The molecule has 1 N–H and O–H groups in total. The monoisotopic (exact) mass is 239 g/mol. The molecule has 17 heavy (non-hydrogen) atoms. The molecule has 0 aliphatic heterocycles. The second-order valence-electron chi connectivity index (χ2n) is 3.24. The maximum absolute atomic E-state index is 12.1. The van der Waals surface area contributed by atoms with Crippen LogP contribution < -0.4 is 10.1 Å². The van der Waals surface area contributed by atoms with Gasteiger partial charge < -0.3 is 10.1 Å². The summed E-state index contributed by atoms with van der Waals surface area (Å²) in [6.07, 6.45) is 5.10. The van der Waals surface area contributed by atoms with Gasteiger partial charge in [0.05, 0.1) is 11.6 Å². The molecule has 5 heteroatoms. The van der Waals surface area contributed by atoms with Crippen LogP contribution in [0.15, 0.2) is 24.3 Å². The van der Waals surface area contributed by atoms with Crippen LogP contribution in [0.3, 0.4) is 0 Å². The van der Waals surface area contributed by atoms with Crippen molar-refractivity contribution < 1.29 is 18.3 Å². The zero-order valence-corrected chi connectivity index (χ0v) is 9.11. The standard InChI is InChI=1S/C12H11F2NO2/c1-3-8(2)15-11(16)9-6-4-5-7-10(9)17-12(13)14/h1,4-8,12H,2H3,(H,15,16). The number of carbonyl (C=O) groups excluding carboxylic acids is 1. The van der Waals surface area contributed by atoms with E-state index in [1.54, 1.807) is 13.0 Å². The molecule has 0 saturated carbocycles. The third-order valence-electron chi connectivity index (χ3n) is 1.95. The SMILES string of the molecule is C#CC(C)NC(=O)c1ccccc1OC(F)F. The molecule has 1 rings (SSSR count). The zero-order valence-electron chi connectivity index (χ0n) is 9.11. The first kappa shape index (κ1) is 13.0. The number of rotatable bonds is 4. The van der Waals surface area contributed by atoms with Crippen LogP contribution in [-0.4, -0.2) is 18.6 Å². The molecule has 1 aromatic rings. The molecule has 0 heterocycles. The highest BCUT2D eigenvalue weighted by molar-refractivity contribution is 5.97. The largest absolute Gasteiger partial charge is 0.434 e. The van der Waals surface area contributed by atoms with Crippen molar-refractivity contribution in [3.63, 3.8) is 0 Å². The highest BCUT2D eigenvalue weighted by Crippen LogP contribution is 2.20. The van der Waals surface area contributed by atoms with Crippen LogP contribution in [0, 0.1) is 12.3 Å². The number of hydrogen-bond donors (Lipinski definition) is 1. The fourth-order valence-corrected chi connectivity index (χ4v) is 1.17. The number of hydrogen-bond acceptors (Lipinski definition) is 2. The van der Waals surface area contributed by atoms with Crippen LogP contribution in [0.1, 0.15) is 17.3 Å². The van der Waals surface area contributed by atoms with Crippen molar-refractivity contribution >= 4 is 5.91 Å². The first-order valence-electron chi connectivity index (χ1n) is 4.85. The summed E-state index contributed by atoms with van der Waals surface area (Å²) in [7, 11) is 0. The predicted octanol–water partition coefficient (Wildman–Crippen LogP) is 2.04. The maximum atomic E-state index is 12.1. The third kappa shape index (κ3) is 3.76. The molecule has 0 aliphatic carbocycles. The molecule has 0 aromatic heterocycles. The normalized spacial score (nSPS) is 11.7. The number of benzene rings is 1. The lowest BCUT2D eigenvalue weighted by molar-refractivity contribution is -0.0501. The van der Waals surface area contributed by atoms with Crippen LogP contribution in [0.5, 0.6) is 5.75 Å². The van der Waals surface area contributed by atoms with Gasteiger partial charge >= 0.3 is 6.61 Å². The number of nitrogens with one attached hydrogen (secondary N) is 1. The average molecular weight is 239 g/mol. The molecule has 1 aromatic carbocycles. The highest BCUT2D eigenvalue weighted by atomic mass is 19.3. The Bertz CT molecular complexity index is 440. The van der Waals surface area contributed by atoms with Crippen LogP contribution in [-0.2, 0) is 0 Å². The number of amides is 1. The molecule has 0 radical (unpaired) electrons. The van der Waals surface area contributed by atoms with E-state index < -0.39 is 18.6 Å². The van der Waals surface area contributed by atoms with E-state index in [4.69, 9.17) is 6.42 Å². The molecule has 90 valence electrons. The van der Waals surface area contributed by atoms with Gasteiger partial charge in [0, 0.05) is 0 Å². The number of carbonyl (C=O) groups is 1. The average Bonchev–Trinajstić information content (AvgIpc) is 2.28. The lowest BCUT2D eigenvalue weighted by atomic mass is 10.2. The van der Waals surface area contributed by atoms with Gasteiger partial charge in [0.2, 0.25) is 0 Å². The molecule has 1 atom stereocenters. The van der Waals surface area contributed by atoms with Gasteiger partial charge in [-0.15, -0.1) is 6.42 Å². The molecule has 0 saturated heterocycles. The van der Waals surface area contributed by atoms with E-state index in [9.17, 15) is 13.6 Å². The van der Waals surface area contributed by atoms with E-state index in [-0.39, 0.29) is 11.3 Å². The highest BCUT2D eigenvalue weighted by Gasteiger charge is 2.15. The molecular formula is C12H11F2NO2. The number of ether oxygens (including phenoxy) is 1. The van der Waals surface area contributed by atoms with Gasteiger partial charge in [-0.2, -0.15) is 8.78 Å². The number of para-hydroxylation sites is 1. The summed E-state index contributed by atoms with van der Waals surface area (Å²) in [6.45, 7) is -1.37. The summed E-state index contributed by atoms with van der Waals surface area (Å²) in [5.74, 6) is 1.58. The second-order valence-corrected chi connectivity index (χ2v) is 3.24. The summed E-state index contributed by atoms with van der Waals surface area (Å²) < 4.78 is 28.4. The van der Waals surface area contributed by atoms with Crippen LogP contribution in [0.25, 0.3) is 0 Å². The molecule has 3 nitrogen and oxygen atoms in total. The van der Waals surface area contributed by atoms with Gasteiger partial charge in [0.1, 0.15) is 5.75 Å². The summed E-state index contributed by atoms with van der Waals surface area (Å²) in [6, 6.07) is 5.24. The van der Waals surface area contributed by atoms with Crippen molar-refractivity contribution in [2.24, 2.45) is 0 Å². The minimum absolute atomic E-state index is 0.0231. The summed E-state index contributed by atoms with van der Waals surface area (Å²) >= 11 is 0. The fourth-order valence-electron chi connectivity index (χ4n) is 1.17. The minimum Gasteiger partial charge on any atom is -0.434 e.